The zero-order valence-corrected chi connectivity index (χ0v) is 11.3. The summed E-state index contributed by atoms with van der Waals surface area (Å²) in [7, 11) is 0. The number of hydrogen-bond acceptors (Lipinski definition) is 2. The van der Waals surface area contributed by atoms with Gasteiger partial charge in [-0.2, -0.15) is 0 Å². The number of carbonyl (C=O) groups is 1. The number of nitrogens with one attached hydrogen (secondary N) is 1. The fourth-order valence-corrected chi connectivity index (χ4v) is 1.69. The second-order valence-corrected chi connectivity index (χ2v) is 4.87. The van der Waals surface area contributed by atoms with E-state index in [-0.39, 0.29) is 5.91 Å². The molecule has 1 atom stereocenters. The number of aromatic nitrogens is 1. The number of hydrogen-bond donors (Lipinski definition) is 2. The molecule has 1 aromatic carbocycles. The molecule has 0 aliphatic rings. The lowest BCUT2D eigenvalue weighted by atomic mass is 9.99. The fourth-order valence-electron chi connectivity index (χ4n) is 1.69. The first-order chi connectivity index (χ1) is 9.03. The zero-order valence-electron chi connectivity index (χ0n) is 11.3. The van der Waals surface area contributed by atoms with E-state index in [2.05, 4.69) is 5.32 Å². The Bertz CT molecular complexity index is 559. The quantitative estimate of drug-likeness (QED) is 0.884. The minimum Gasteiger partial charge on any atom is -0.324 e. The molecule has 0 saturated carbocycles. The Kier molecular flexibility index (Phi) is 3.71. The van der Waals surface area contributed by atoms with Crippen molar-refractivity contribution in [2.75, 3.05) is 5.32 Å². The summed E-state index contributed by atoms with van der Waals surface area (Å²) in [5.41, 5.74) is 6.83. The highest BCUT2D eigenvalue weighted by atomic mass is 16.2. The number of benzene rings is 1. The van der Waals surface area contributed by atoms with E-state index in [9.17, 15) is 4.79 Å². The first-order valence-electron chi connectivity index (χ1n) is 6.36. The zero-order chi connectivity index (χ0) is 13.9. The van der Waals surface area contributed by atoms with E-state index in [1.807, 2.05) is 60.3 Å². The molecule has 0 aliphatic carbocycles. The summed E-state index contributed by atoms with van der Waals surface area (Å²) in [5, 5.41) is 2.86. The van der Waals surface area contributed by atoms with Crippen LogP contribution in [-0.2, 0) is 4.79 Å². The summed E-state index contributed by atoms with van der Waals surface area (Å²) in [4.78, 5) is 12.0. The van der Waals surface area contributed by atoms with Crippen LogP contribution in [0.15, 0.2) is 48.8 Å². The van der Waals surface area contributed by atoms with Crippen molar-refractivity contribution in [3.05, 3.63) is 48.8 Å². The van der Waals surface area contributed by atoms with Gasteiger partial charge in [-0.05, 0) is 43.7 Å². The molecule has 1 aromatic heterocycles. The molecule has 1 amide bonds. The summed E-state index contributed by atoms with van der Waals surface area (Å²) in [5.74, 6) is -0.167. The third-order valence-corrected chi connectivity index (χ3v) is 3.26. The van der Waals surface area contributed by atoms with Gasteiger partial charge in [0.2, 0.25) is 5.91 Å². The average Bonchev–Trinajstić information content (AvgIpc) is 2.93. The third-order valence-electron chi connectivity index (χ3n) is 3.26. The maximum atomic E-state index is 12.0. The predicted molar refractivity (Wildman–Crippen MR) is 77.3 cm³/mol. The SMILES string of the molecule is CCC(C)(N)C(=O)Nc1cccc(-n2cccc2)c1. The van der Waals surface area contributed by atoms with Crippen LogP contribution in [0, 0.1) is 0 Å². The summed E-state index contributed by atoms with van der Waals surface area (Å²) in [6, 6.07) is 11.6. The Hall–Kier alpha value is -2.07. The largest absolute Gasteiger partial charge is 0.324 e. The monoisotopic (exact) mass is 257 g/mol. The molecule has 0 bridgehead atoms. The minimum absolute atomic E-state index is 0.167. The van der Waals surface area contributed by atoms with Gasteiger partial charge in [0.25, 0.3) is 0 Å². The van der Waals surface area contributed by atoms with Gasteiger partial charge >= 0.3 is 0 Å². The van der Waals surface area contributed by atoms with E-state index in [1.165, 1.54) is 0 Å². The van der Waals surface area contributed by atoms with Crippen LogP contribution in [0.5, 0.6) is 0 Å². The summed E-state index contributed by atoms with van der Waals surface area (Å²) < 4.78 is 1.98. The molecule has 19 heavy (non-hydrogen) atoms. The molecule has 2 rings (SSSR count). The van der Waals surface area contributed by atoms with Crippen LogP contribution in [0.4, 0.5) is 5.69 Å². The highest BCUT2D eigenvalue weighted by molar-refractivity contribution is 5.97. The molecule has 0 spiro atoms. The first-order valence-corrected chi connectivity index (χ1v) is 6.36. The maximum Gasteiger partial charge on any atom is 0.244 e. The predicted octanol–water partition coefficient (Wildman–Crippen LogP) is 2.54. The van der Waals surface area contributed by atoms with Gasteiger partial charge in [-0.25, -0.2) is 0 Å². The van der Waals surface area contributed by atoms with Crippen molar-refractivity contribution in [2.24, 2.45) is 5.73 Å². The topological polar surface area (TPSA) is 60.1 Å². The molecular formula is C15H19N3O. The number of anilines is 1. The van der Waals surface area contributed by atoms with Crippen LogP contribution in [0.3, 0.4) is 0 Å². The number of nitrogens with two attached hydrogens (primary N) is 1. The second-order valence-electron chi connectivity index (χ2n) is 4.87. The first kappa shape index (κ1) is 13.4. The number of carbonyl (C=O) groups excluding carboxylic acids is 1. The molecule has 0 aliphatic heterocycles. The van der Waals surface area contributed by atoms with E-state index < -0.39 is 5.54 Å². The molecular weight excluding hydrogens is 238 g/mol. The van der Waals surface area contributed by atoms with Gasteiger partial charge in [0.05, 0.1) is 5.54 Å². The highest BCUT2D eigenvalue weighted by Crippen LogP contribution is 2.16. The molecule has 0 fully saturated rings. The minimum atomic E-state index is -0.844. The Morgan fingerprint density at radius 1 is 1.32 bits per heavy atom. The van der Waals surface area contributed by atoms with E-state index >= 15 is 0 Å². The van der Waals surface area contributed by atoms with Crippen molar-refractivity contribution < 1.29 is 4.79 Å². The standard InChI is InChI=1S/C15H19N3O/c1-3-15(2,16)14(19)17-12-7-6-8-13(11-12)18-9-4-5-10-18/h4-11H,3,16H2,1-2H3,(H,17,19). The molecule has 4 heteroatoms. The van der Waals surface area contributed by atoms with Crippen molar-refractivity contribution in [1.82, 2.24) is 4.57 Å². The smallest absolute Gasteiger partial charge is 0.244 e. The number of nitrogens with zero attached hydrogens (tertiary/aromatic N) is 1. The molecule has 0 saturated heterocycles. The van der Waals surface area contributed by atoms with Gasteiger partial charge < -0.3 is 15.6 Å². The fraction of sp³-hybridized carbons (Fsp3) is 0.267. The third kappa shape index (κ3) is 3.03. The lowest BCUT2D eigenvalue weighted by Crippen LogP contribution is -2.47. The second kappa shape index (κ2) is 5.28. The normalized spacial score (nSPS) is 13.8. The van der Waals surface area contributed by atoms with Crippen LogP contribution in [-0.4, -0.2) is 16.0 Å². The molecule has 100 valence electrons. The van der Waals surface area contributed by atoms with E-state index in [0.29, 0.717) is 6.42 Å². The van der Waals surface area contributed by atoms with Gasteiger partial charge in [0.15, 0.2) is 0 Å². The average molecular weight is 257 g/mol. The van der Waals surface area contributed by atoms with E-state index in [4.69, 9.17) is 5.73 Å². The Morgan fingerprint density at radius 3 is 2.63 bits per heavy atom. The molecule has 1 heterocycles. The maximum absolute atomic E-state index is 12.0. The Labute approximate surface area is 113 Å². The van der Waals surface area contributed by atoms with Gasteiger partial charge in [-0.3, -0.25) is 4.79 Å². The van der Waals surface area contributed by atoms with Crippen LogP contribution in [0.1, 0.15) is 20.3 Å². The van der Waals surface area contributed by atoms with Crippen LogP contribution < -0.4 is 11.1 Å². The number of amides is 1. The van der Waals surface area contributed by atoms with Gasteiger partial charge in [-0.1, -0.05) is 13.0 Å². The lowest BCUT2D eigenvalue weighted by Gasteiger charge is -2.21. The van der Waals surface area contributed by atoms with Crippen LogP contribution in [0.25, 0.3) is 5.69 Å². The summed E-state index contributed by atoms with van der Waals surface area (Å²) in [6.45, 7) is 3.63. The van der Waals surface area contributed by atoms with Crippen molar-refractivity contribution in [3.8, 4) is 5.69 Å². The molecule has 3 N–H and O–H groups in total. The summed E-state index contributed by atoms with van der Waals surface area (Å²) in [6.07, 6.45) is 4.51. The Morgan fingerprint density at radius 2 is 2.00 bits per heavy atom. The van der Waals surface area contributed by atoms with E-state index in [1.54, 1.807) is 6.92 Å². The van der Waals surface area contributed by atoms with Crippen LogP contribution >= 0.6 is 0 Å². The Balaban J connectivity index is 2.19. The van der Waals surface area contributed by atoms with Gasteiger partial charge in [-0.15, -0.1) is 0 Å². The molecule has 2 aromatic rings. The summed E-state index contributed by atoms with van der Waals surface area (Å²) >= 11 is 0. The number of rotatable bonds is 4. The molecule has 0 radical (unpaired) electrons. The van der Waals surface area contributed by atoms with Crippen molar-refractivity contribution in [3.63, 3.8) is 0 Å². The van der Waals surface area contributed by atoms with E-state index in [0.717, 1.165) is 11.4 Å². The molecule has 1 unspecified atom stereocenters. The van der Waals surface area contributed by atoms with Gasteiger partial charge in [0, 0.05) is 23.8 Å². The lowest BCUT2D eigenvalue weighted by molar-refractivity contribution is -0.120. The van der Waals surface area contributed by atoms with Crippen molar-refractivity contribution in [1.29, 1.82) is 0 Å². The van der Waals surface area contributed by atoms with Crippen LogP contribution in [0.2, 0.25) is 0 Å². The highest BCUT2D eigenvalue weighted by Gasteiger charge is 2.25. The van der Waals surface area contributed by atoms with Gasteiger partial charge in [0.1, 0.15) is 0 Å². The molecule has 4 nitrogen and oxygen atoms in total. The van der Waals surface area contributed by atoms with Crippen molar-refractivity contribution in [2.45, 2.75) is 25.8 Å². The van der Waals surface area contributed by atoms with Crippen molar-refractivity contribution >= 4 is 11.6 Å².